The Morgan fingerprint density at radius 2 is 2.05 bits per heavy atom. The highest BCUT2D eigenvalue weighted by atomic mass is 15.0. The van der Waals surface area contributed by atoms with Crippen LogP contribution in [0, 0.1) is 0 Å². The first-order valence-corrected chi connectivity index (χ1v) is 7.08. The van der Waals surface area contributed by atoms with Crippen molar-refractivity contribution in [2.45, 2.75) is 31.7 Å². The van der Waals surface area contributed by atoms with Crippen LogP contribution in [0.1, 0.15) is 29.8 Å². The van der Waals surface area contributed by atoms with Crippen molar-refractivity contribution < 1.29 is 0 Å². The normalized spacial score (nSPS) is 18.9. The molecule has 1 atom stereocenters. The molecule has 3 rings (SSSR count). The molecule has 1 aliphatic heterocycles. The van der Waals surface area contributed by atoms with E-state index in [2.05, 4.69) is 39.1 Å². The highest BCUT2D eigenvalue weighted by Gasteiger charge is 2.14. The molecule has 0 saturated carbocycles. The van der Waals surface area contributed by atoms with Gasteiger partial charge in [0.2, 0.25) is 0 Å². The van der Waals surface area contributed by atoms with Crippen molar-refractivity contribution in [1.29, 1.82) is 0 Å². The topological polar surface area (TPSA) is 29.9 Å². The number of hydrogen-bond acceptors (Lipinski definition) is 2. The molecule has 1 aromatic carbocycles. The number of aryl methyl sites for hydroxylation is 1. The molecular formula is C16H21N3. The largest absolute Gasteiger partial charge is 0.338 e. The van der Waals surface area contributed by atoms with E-state index >= 15 is 0 Å². The standard InChI is InChI=1S/C16H21N3/c1-19-10-9-18-16(19)12-14-6-4-13(5-7-14)11-15-3-2-8-17-15/h4-7,9-10,15,17H,2-3,8,11-12H2,1H3. The summed E-state index contributed by atoms with van der Waals surface area (Å²) in [6, 6.07) is 9.68. The Morgan fingerprint density at radius 3 is 2.68 bits per heavy atom. The second-order valence-corrected chi connectivity index (χ2v) is 5.45. The molecule has 0 radical (unpaired) electrons. The molecule has 100 valence electrons. The Kier molecular flexibility index (Phi) is 3.65. The van der Waals surface area contributed by atoms with Crippen LogP contribution in [0.15, 0.2) is 36.7 Å². The first kappa shape index (κ1) is 12.4. The molecule has 1 N–H and O–H groups in total. The van der Waals surface area contributed by atoms with E-state index in [1.807, 2.05) is 19.4 Å². The highest BCUT2D eigenvalue weighted by molar-refractivity contribution is 5.25. The Labute approximate surface area is 114 Å². The van der Waals surface area contributed by atoms with Crippen molar-refractivity contribution in [2.24, 2.45) is 7.05 Å². The van der Waals surface area contributed by atoms with Crippen LogP contribution in [0.2, 0.25) is 0 Å². The van der Waals surface area contributed by atoms with Crippen LogP contribution in [0.25, 0.3) is 0 Å². The third kappa shape index (κ3) is 3.04. The van der Waals surface area contributed by atoms with Gasteiger partial charge in [0.05, 0.1) is 0 Å². The van der Waals surface area contributed by atoms with Crippen LogP contribution in [-0.4, -0.2) is 22.1 Å². The van der Waals surface area contributed by atoms with Crippen LogP contribution < -0.4 is 5.32 Å². The van der Waals surface area contributed by atoms with Crippen LogP contribution in [0.3, 0.4) is 0 Å². The summed E-state index contributed by atoms with van der Waals surface area (Å²) in [5, 5.41) is 3.55. The first-order chi connectivity index (χ1) is 9.31. The van der Waals surface area contributed by atoms with Gasteiger partial charge in [0.15, 0.2) is 0 Å². The van der Waals surface area contributed by atoms with Crippen LogP contribution in [0.4, 0.5) is 0 Å². The zero-order chi connectivity index (χ0) is 13.1. The first-order valence-electron chi connectivity index (χ1n) is 7.08. The van der Waals surface area contributed by atoms with Gasteiger partial charge in [0.25, 0.3) is 0 Å². The van der Waals surface area contributed by atoms with E-state index in [4.69, 9.17) is 0 Å². The number of rotatable bonds is 4. The summed E-state index contributed by atoms with van der Waals surface area (Å²) in [5.74, 6) is 1.12. The molecule has 2 aromatic rings. The van der Waals surface area contributed by atoms with Crippen molar-refractivity contribution in [3.63, 3.8) is 0 Å². The minimum atomic E-state index is 0.681. The molecular weight excluding hydrogens is 234 g/mol. The van der Waals surface area contributed by atoms with Gasteiger partial charge in [-0.05, 0) is 36.9 Å². The maximum atomic E-state index is 4.37. The number of hydrogen-bond donors (Lipinski definition) is 1. The van der Waals surface area contributed by atoms with Gasteiger partial charge in [-0.3, -0.25) is 0 Å². The number of nitrogens with one attached hydrogen (secondary N) is 1. The van der Waals surface area contributed by atoms with Crippen molar-refractivity contribution in [2.75, 3.05) is 6.54 Å². The zero-order valence-electron chi connectivity index (χ0n) is 11.5. The SMILES string of the molecule is Cn1ccnc1Cc1ccc(CC2CCCN2)cc1. The molecule has 2 heterocycles. The molecule has 1 aliphatic rings. The minimum absolute atomic E-state index is 0.681. The average Bonchev–Trinajstić information content (AvgIpc) is 3.05. The van der Waals surface area contributed by atoms with Crippen molar-refractivity contribution >= 4 is 0 Å². The molecule has 1 aromatic heterocycles. The summed E-state index contributed by atoms with van der Waals surface area (Å²) < 4.78 is 2.08. The third-order valence-corrected chi connectivity index (χ3v) is 3.95. The molecule has 1 fully saturated rings. The summed E-state index contributed by atoms with van der Waals surface area (Å²) in [6.07, 6.45) is 8.55. The average molecular weight is 255 g/mol. The van der Waals surface area contributed by atoms with Gasteiger partial charge in [-0.2, -0.15) is 0 Å². The Hall–Kier alpha value is -1.61. The number of nitrogens with zero attached hydrogens (tertiary/aromatic N) is 2. The van der Waals surface area contributed by atoms with Gasteiger partial charge in [-0.15, -0.1) is 0 Å². The van der Waals surface area contributed by atoms with Gasteiger partial charge >= 0.3 is 0 Å². The van der Waals surface area contributed by atoms with Gasteiger partial charge in [0.1, 0.15) is 5.82 Å². The lowest BCUT2D eigenvalue weighted by molar-refractivity contribution is 0.603. The molecule has 0 aliphatic carbocycles. The van der Waals surface area contributed by atoms with Gasteiger partial charge in [0, 0.05) is 31.9 Å². The van der Waals surface area contributed by atoms with E-state index < -0.39 is 0 Å². The van der Waals surface area contributed by atoms with Gasteiger partial charge in [-0.25, -0.2) is 4.98 Å². The lowest BCUT2D eigenvalue weighted by Crippen LogP contribution is -2.23. The van der Waals surface area contributed by atoms with Gasteiger partial charge in [-0.1, -0.05) is 24.3 Å². The van der Waals surface area contributed by atoms with Crippen molar-refractivity contribution in [3.8, 4) is 0 Å². The highest BCUT2D eigenvalue weighted by Crippen LogP contribution is 2.14. The molecule has 0 bridgehead atoms. The van der Waals surface area contributed by atoms with Crippen molar-refractivity contribution in [3.05, 3.63) is 53.6 Å². The van der Waals surface area contributed by atoms with E-state index in [1.165, 1.54) is 30.5 Å². The molecule has 3 heteroatoms. The fourth-order valence-corrected chi connectivity index (χ4v) is 2.76. The number of aromatic nitrogens is 2. The van der Waals surface area contributed by atoms with Crippen LogP contribution >= 0.6 is 0 Å². The lowest BCUT2D eigenvalue weighted by Gasteiger charge is -2.10. The predicted molar refractivity (Wildman–Crippen MR) is 77.2 cm³/mol. The minimum Gasteiger partial charge on any atom is -0.338 e. The Bertz CT molecular complexity index is 521. The summed E-state index contributed by atoms with van der Waals surface area (Å²) in [5.41, 5.74) is 2.76. The van der Waals surface area contributed by atoms with E-state index in [-0.39, 0.29) is 0 Å². The molecule has 1 saturated heterocycles. The molecule has 0 amide bonds. The smallest absolute Gasteiger partial charge is 0.112 e. The molecule has 0 spiro atoms. The summed E-state index contributed by atoms with van der Waals surface area (Å²) in [4.78, 5) is 4.37. The van der Waals surface area contributed by atoms with Gasteiger partial charge < -0.3 is 9.88 Å². The lowest BCUT2D eigenvalue weighted by atomic mass is 10.0. The van der Waals surface area contributed by atoms with E-state index in [1.54, 1.807) is 0 Å². The Balaban J connectivity index is 1.63. The van der Waals surface area contributed by atoms with Crippen LogP contribution in [-0.2, 0) is 19.9 Å². The molecule has 19 heavy (non-hydrogen) atoms. The fourth-order valence-electron chi connectivity index (χ4n) is 2.76. The predicted octanol–water partition coefficient (Wildman–Crippen LogP) is 2.31. The second kappa shape index (κ2) is 5.57. The number of benzene rings is 1. The fraction of sp³-hybridized carbons (Fsp3) is 0.438. The Morgan fingerprint density at radius 1 is 1.26 bits per heavy atom. The van der Waals surface area contributed by atoms with E-state index in [0.29, 0.717) is 6.04 Å². The maximum absolute atomic E-state index is 4.37. The number of imidazole rings is 1. The third-order valence-electron chi connectivity index (χ3n) is 3.95. The molecule has 1 unspecified atom stereocenters. The summed E-state index contributed by atoms with van der Waals surface area (Å²) in [6.45, 7) is 1.18. The quantitative estimate of drug-likeness (QED) is 0.908. The summed E-state index contributed by atoms with van der Waals surface area (Å²) >= 11 is 0. The van der Waals surface area contributed by atoms with Crippen LogP contribution in [0.5, 0.6) is 0 Å². The molecule has 3 nitrogen and oxygen atoms in total. The second-order valence-electron chi connectivity index (χ2n) is 5.45. The van der Waals surface area contributed by atoms with E-state index in [9.17, 15) is 0 Å². The summed E-state index contributed by atoms with van der Waals surface area (Å²) in [7, 11) is 2.04. The monoisotopic (exact) mass is 255 g/mol. The van der Waals surface area contributed by atoms with E-state index in [0.717, 1.165) is 18.7 Å². The zero-order valence-corrected chi connectivity index (χ0v) is 11.5. The maximum Gasteiger partial charge on any atom is 0.112 e. The van der Waals surface area contributed by atoms with Crippen molar-refractivity contribution in [1.82, 2.24) is 14.9 Å².